The predicted octanol–water partition coefficient (Wildman–Crippen LogP) is 0.0228. The van der Waals surface area contributed by atoms with E-state index in [4.69, 9.17) is 0 Å². The first-order chi connectivity index (χ1) is 2.41. The number of hydrogen-bond donors (Lipinski definition) is 0. The van der Waals surface area contributed by atoms with Crippen LogP contribution in [0.4, 0.5) is 0 Å². The summed E-state index contributed by atoms with van der Waals surface area (Å²) in [6.45, 7) is 3.08. The number of carbonyl (C=O) groups is 1. The molecule has 0 aromatic rings. The van der Waals surface area contributed by atoms with Crippen LogP contribution in [0.15, 0.2) is 0 Å². The molecule has 0 aromatic heterocycles. The summed E-state index contributed by atoms with van der Waals surface area (Å²) in [5, 5.41) is 0. The SMILES string of the molecule is [CH2]C#CC=O. The first kappa shape index (κ1) is 4.23. The molecule has 5 heavy (non-hydrogen) atoms. The third-order valence-corrected chi connectivity index (χ3v) is 0.161. The molecule has 1 radical (unpaired) electrons. The van der Waals surface area contributed by atoms with Gasteiger partial charge in [0.2, 0.25) is 0 Å². The van der Waals surface area contributed by atoms with Crippen LogP contribution in [0.2, 0.25) is 0 Å². The maximum absolute atomic E-state index is 9.19. The van der Waals surface area contributed by atoms with Gasteiger partial charge < -0.3 is 0 Å². The van der Waals surface area contributed by atoms with Gasteiger partial charge >= 0.3 is 0 Å². The molecule has 0 aliphatic carbocycles. The fraction of sp³-hybridized carbons (Fsp3) is 0. The molecular formula is C4H3O. The standard InChI is InChI=1S/C4H3O/c1-2-3-4-5/h4H,1H2. The van der Waals surface area contributed by atoms with Crippen molar-refractivity contribution in [2.75, 3.05) is 0 Å². The molecule has 0 spiro atoms. The van der Waals surface area contributed by atoms with E-state index < -0.39 is 0 Å². The van der Waals surface area contributed by atoms with Crippen molar-refractivity contribution >= 4 is 6.29 Å². The van der Waals surface area contributed by atoms with E-state index in [2.05, 4.69) is 18.8 Å². The van der Waals surface area contributed by atoms with Crippen LogP contribution in [0.1, 0.15) is 0 Å². The third kappa shape index (κ3) is 3.23. The van der Waals surface area contributed by atoms with E-state index in [1.54, 1.807) is 0 Å². The first-order valence-corrected chi connectivity index (χ1v) is 1.13. The van der Waals surface area contributed by atoms with E-state index >= 15 is 0 Å². The molecule has 0 bridgehead atoms. The lowest BCUT2D eigenvalue weighted by Gasteiger charge is -1.42. The van der Waals surface area contributed by atoms with Gasteiger partial charge in [0.15, 0.2) is 6.29 Å². The maximum atomic E-state index is 9.19. The van der Waals surface area contributed by atoms with Crippen molar-refractivity contribution in [2.45, 2.75) is 0 Å². The van der Waals surface area contributed by atoms with E-state index in [9.17, 15) is 4.79 Å². The van der Waals surface area contributed by atoms with Crippen LogP contribution in [-0.4, -0.2) is 6.29 Å². The van der Waals surface area contributed by atoms with Crippen LogP contribution in [0, 0.1) is 18.8 Å². The topological polar surface area (TPSA) is 17.1 Å². The largest absolute Gasteiger partial charge is 0.289 e. The van der Waals surface area contributed by atoms with Crippen LogP contribution in [-0.2, 0) is 4.79 Å². The van der Waals surface area contributed by atoms with Crippen LogP contribution in [0.3, 0.4) is 0 Å². The second-order valence-corrected chi connectivity index (χ2v) is 0.439. The fourth-order valence-electron chi connectivity index (χ4n) is 0.0417. The summed E-state index contributed by atoms with van der Waals surface area (Å²) < 4.78 is 0. The molecule has 1 heteroatoms. The zero-order chi connectivity index (χ0) is 4.12. The monoisotopic (exact) mass is 67.0 g/mol. The normalized spacial score (nSPS) is 4.20. The highest BCUT2D eigenvalue weighted by Crippen LogP contribution is 1.36. The van der Waals surface area contributed by atoms with Crippen molar-refractivity contribution in [1.82, 2.24) is 0 Å². The number of rotatable bonds is 0. The summed E-state index contributed by atoms with van der Waals surface area (Å²) >= 11 is 0. The van der Waals surface area contributed by atoms with Crippen LogP contribution in [0.5, 0.6) is 0 Å². The molecule has 0 aromatic carbocycles. The summed E-state index contributed by atoms with van der Waals surface area (Å²) in [4.78, 5) is 9.19. The second kappa shape index (κ2) is 3.23. The molecule has 0 amide bonds. The van der Waals surface area contributed by atoms with Gasteiger partial charge in [-0.1, -0.05) is 5.92 Å². The fourth-order valence-corrected chi connectivity index (χ4v) is 0.0417. The van der Waals surface area contributed by atoms with Gasteiger partial charge in [0, 0.05) is 6.92 Å². The summed E-state index contributed by atoms with van der Waals surface area (Å²) in [6.07, 6.45) is 0.507. The Balaban J connectivity index is 3.16. The van der Waals surface area contributed by atoms with Crippen molar-refractivity contribution in [3.8, 4) is 11.8 Å². The van der Waals surface area contributed by atoms with Gasteiger partial charge in [0.25, 0.3) is 0 Å². The molecule has 0 fully saturated rings. The molecule has 0 unspecified atom stereocenters. The molecule has 0 saturated carbocycles. The van der Waals surface area contributed by atoms with Gasteiger partial charge in [-0.3, -0.25) is 4.79 Å². The van der Waals surface area contributed by atoms with Crippen LogP contribution >= 0.6 is 0 Å². The summed E-state index contributed by atoms with van der Waals surface area (Å²) in [7, 11) is 0. The zero-order valence-corrected chi connectivity index (χ0v) is 2.69. The number of aldehydes is 1. The highest BCUT2D eigenvalue weighted by atomic mass is 16.1. The van der Waals surface area contributed by atoms with Crippen LogP contribution < -0.4 is 0 Å². The Morgan fingerprint density at radius 3 is 2.40 bits per heavy atom. The molecule has 0 rings (SSSR count). The summed E-state index contributed by atoms with van der Waals surface area (Å²) in [5.41, 5.74) is 0. The molecule has 0 atom stereocenters. The Morgan fingerprint density at radius 1 is 1.80 bits per heavy atom. The third-order valence-electron chi connectivity index (χ3n) is 0.161. The Hall–Kier alpha value is -0.770. The van der Waals surface area contributed by atoms with Crippen molar-refractivity contribution in [3.63, 3.8) is 0 Å². The minimum Gasteiger partial charge on any atom is -0.289 e. The molecule has 0 heterocycles. The van der Waals surface area contributed by atoms with E-state index in [0.29, 0.717) is 6.29 Å². The van der Waals surface area contributed by atoms with Gasteiger partial charge in [-0.05, 0) is 5.92 Å². The van der Waals surface area contributed by atoms with Gasteiger partial charge in [-0.25, -0.2) is 0 Å². The lowest BCUT2D eigenvalue weighted by atomic mass is 10.7. The van der Waals surface area contributed by atoms with Crippen molar-refractivity contribution in [3.05, 3.63) is 6.92 Å². The average molecular weight is 67.1 g/mol. The average Bonchev–Trinajstić information content (AvgIpc) is 1.41. The molecule has 25 valence electrons. The summed E-state index contributed by atoms with van der Waals surface area (Å²) in [6, 6.07) is 0. The minimum absolute atomic E-state index is 0.507. The van der Waals surface area contributed by atoms with Crippen molar-refractivity contribution < 1.29 is 4.79 Å². The van der Waals surface area contributed by atoms with Gasteiger partial charge in [-0.15, -0.1) is 0 Å². The molecule has 0 N–H and O–H groups in total. The lowest BCUT2D eigenvalue weighted by Crippen LogP contribution is -1.52. The van der Waals surface area contributed by atoms with E-state index in [1.165, 1.54) is 0 Å². The highest BCUT2D eigenvalue weighted by Gasteiger charge is 1.43. The number of carbonyl (C=O) groups excluding carboxylic acids is 1. The molecule has 1 nitrogen and oxygen atoms in total. The van der Waals surface area contributed by atoms with Crippen LogP contribution in [0.25, 0.3) is 0 Å². The molecule has 0 aliphatic rings. The predicted molar refractivity (Wildman–Crippen MR) is 19.2 cm³/mol. The lowest BCUT2D eigenvalue weighted by molar-refractivity contribution is -0.103. The minimum atomic E-state index is 0.507. The highest BCUT2D eigenvalue weighted by molar-refractivity contribution is 5.72. The van der Waals surface area contributed by atoms with Gasteiger partial charge in [0.05, 0.1) is 0 Å². The zero-order valence-electron chi connectivity index (χ0n) is 2.69. The van der Waals surface area contributed by atoms with E-state index in [0.717, 1.165) is 0 Å². The number of hydrogen-bond acceptors (Lipinski definition) is 1. The van der Waals surface area contributed by atoms with Crippen molar-refractivity contribution in [2.24, 2.45) is 0 Å². The van der Waals surface area contributed by atoms with Gasteiger partial charge in [-0.2, -0.15) is 0 Å². The molecular weight excluding hydrogens is 64.0 g/mol. The molecule has 0 saturated heterocycles. The molecule has 0 aliphatic heterocycles. The first-order valence-electron chi connectivity index (χ1n) is 1.13. The Labute approximate surface area is 31.0 Å². The second-order valence-electron chi connectivity index (χ2n) is 0.439. The van der Waals surface area contributed by atoms with E-state index in [1.807, 2.05) is 0 Å². The van der Waals surface area contributed by atoms with Crippen molar-refractivity contribution in [1.29, 1.82) is 0 Å². The maximum Gasteiger partial charge on any atom is 0.192 e. The Kier molecular flexibility index (Phi) is 2.73. The quantitative estimate of drug-likeness (QED) is 0.288. The van der Waals surface area contributed by atoms with E-state index in [-0.39, 0.29) is 0 Å². The smallest absolute Gasteiger partial charge is 0.192 e. The Morgan fingerprint density at radius 2 is 2.40 bits per heavy atom. The van der Waals surface area contributed by atoms with Gasteiger partial charge in [0.1, 0.15) is 0 Å². The Bertz CT molecular complexity index is 73.4. The summed E-state index contributed by atoms with van der Waals surface area (Å²) in [5.74, 6) is 4.22.